The number of anilines is 2. The number of amides is 3. The first kappa shape index (κ1) is 26.7. The van der Waals surface area contributed by atoms with Gasteiger partial charge in [-0.1, -0.05) is 53.8 Å². The first-order valence-electron chi connectivity index (χ1n) is 11.3. The van der Waals surface area contributed by atoms with Gasteiger partial charge < -0.3 is 10.6 Å². The van der Waals surface area contributed by atoms with Crippen LogP contribution >= 0.6 is 23.1 Å². The normalized spacial score (nSPS) is 11.1. The second kappa shape index (κ2) is 12.7. The average Bonchev–Trinajstić information content (AvgIpc) is 3.33. The molecule has 3 aromatic carbocycles. The largest absolute Gasteiger partial charge is 0.321 e. The van der Waals surface area contributed by atoms with E-state index in [1.54, 1.807) is 67.6 Å². The molecule has 0 saturated heterocycles. The quantitative estimate of drug-likeness (QED) is 0.198. The summed E-state index contributed by atoms with van der Waals surface area (Å²) in [5.41, 5.74) is 0.800. The van der Waals surface area contributed by atoms with Crippen LogP contribution in [0.1, 0.15) is 20.9 Å². The van der Waals surface area contributed by atoms with Crippen LogP contribution in [-0.4, -0.2) is 33.7 Å². The molecule has 11 heteroatoms. The fraction of sp³-hybridized carbons (Fsp3) is 0.0741. The van der Waals surface area contributed by atoms with E-state index in [-0.39, 0.29) is 22.9 Å². The van der Waals surface area contributed by atoms with E-state index in [0.717, 1.165) is 9.90 Å². The zero-order valence-corrected chi connectivity index (χ0v) is 21.7. The molecule has 8 nitrogen and oxygen atoms in total. The third kappa shape index (κ3) is 7.58. The minimum Gasteiger partial charge on any atom is -0.321 e. The van der Waals surface area contributed by atoms with Gasteiger partial charge in [-0.2, -0.15) is 0 Å². The zero-order valence-electron chi connectivity index (χ0n) is 20.1. The van der Waals surface area contributed by atoms with Gasteiger partial charge in [0.25, 0.3) is 11.8 Å². The fourth-order valence-electron chi connectivity index (χ4n) is 3.20. The number of hydrogen-bond donors (Lipinski definition) is 3. The minimum atomic E-state index is -0.635. The van der Waals surface area contributed by atoms with Crippen molar-refractivity contribution < 1.29 is 18.8 Å². The average molecular weight is 548 g/mol. The van der Waals surface area contributed by atoms with Crippen molar-refractivity contribution in [3.63, 3.8) is 0 Å². The lowest BCUT2D eigenvalue weighted by Crippen LogP contribution is -2.30. The highest BCUT2D eigenvalue weighted by Crippen LogP contribution is 2.23. The lowest BCUT2D eigenvalue weighted by atomic mass is 10.1. The number of benzene rings is 3. The van der Waals surface area contributed by atoms with Crippen LogP contribution in [-0.2, 0) is 9.59 Å². The topological polar surface area (TPSA) is 113 Å². The van der Waals surface area contributed by atoms with Crippen LogP contribution in [0, 0.1) is 12.7 Å². The van der Waals surface area contributed by atoms with Gasteiger partial charge in [0, 0.05) is 21.7 Å². The molecule has 0 bridgehead atoms. The first-order chi connectivity index (χ1) is 18.4. The molecule has 192 valence electrons. The Morgan fingerprint density at radius 1 is 0.947 bits per heavy atom. The van der Waals surface area contributed by atoms with Crippen LogP contribution in [0.2, 0.25) is 0 Å². The molecule has 1 heterocycles. The summed E-state index contributed by atoms with van der Waals surface area (Å²) in [5, 5.41) is 16.9. The van der Waals surface area contributed by atoms with E-state index in [9.17, 15) is 18.8 Å². The maximum atomic E-state index is 14.3. The molecule has 3 amide bonds. The van der Waals surface area contributed by atoms with E-state index in [2.05, 4.69) is 26.1 Å². The number of nitrogens with zero attached hydrogens (tertiary/aromatic N) is 2. The Morgan fingerprint density at radius 3 is 2.45 bits per heavy atom. The molecule has 4 aromatic rings. The smallest absolute Gasteiger partial charge is 0.272 e. The molecule has 38 heavy (non-hydrogen) atoms. The molecule has 0 saturated carbocycles. The summed E-state index contributed by atoms with van der Waals surface area (Å²) < 4.78 is 14.3. The van der Waals surface area contributed by atoms with E-state index in [1.807, 2.05) is 0 Å². The predicted molar refractivity (Wildman–Crippen MR) is 147 cm³/mol. The predicted octanol–water partition coefficient (Wildman–Crippen LogP) is 5.13. The van der Waals surface area contributed by atoms with Crippen LogP contribution in [0.25, 0.3) is 6.08 Å². The van der Waals surface area contributed by atoms with E-state index in [4.69, 9.17) is 0 Å². The van der Waals surface area contributed by atoms with Crippen LogP contribution in [0.15, 0.2) is 89.5 Å². The van der Waals surface area contributed by atoms with Crippen LogP contribution in [0.5, 0.6) is 0 Å². The maximum absolute atomic E-state index is 14.3. The number of aryl methyl sites for hydroxylation is 1. The number of carbonyl (C=O) groups is 3. The summed E-state index contributed by atoms with van der Waals surface area (Å²) >= 11 is 2.56. The van der Waals surface area contributed by atoms with Gasteiger partial charge in [-0.15, -0.1) is 22.0 Å². The Bertz CT molecular complexity index is 1490. The lowest BCUT2D eigenvalue weighted by Gasteiger charge is -2.12. The summed E-state index contributed by atoms with van der Waals surface area (Å²) in [4.78, 5) is 38.9. The van der Waals surface area contributed by atoms with Gasteiger partial charge in [0.15, 0.2) is 0 Å². The van der Waals surface area contributed by atoms with Gasteiger partial charge in [-0.25, -0.2) is 4.39 Å². The van der Waals surface area contributed by atoms with E-state index >= 15 is 0 Å². The van der Waals surface area contributed by atoms with Gasteiger partial charge >= 0.3 is 0 Å². The number of carbonyl (C=O) groups excluding carboxylic acids is 3. The number of nitrogens with one attached hydrogen (secondary N) is 3. The molecule has 0 aliphatic rings. The Balaban J connectivity index is 1.46. The number of hydrogen-bond acceptors (Lipinski definition) is 7. The molecule has 1 aromatic heterocycles. The Morgan fingerprint density at radius 2 is 1.71 bits per heavy atom. The van der Waals surface area contributed by atoms with Gasteiger partial charge in [-0.3, -0.25) is 19.7 Å². The third-order valence-corrected chi connectivity index (χ3v) is 6.72. The highest BCUT2D eigenvalue weighted by Gasteiger charge is 2.16. The molecule has 0 fully saturated rings. The van der Waals surface area contributed by atoms with Gasteiger partial charge in [0.1, 0.15) is 16.5 Å². The number of aromatic nitrogens is 2. The molecular weight excluding hydrogens is 525 g/mol. The Kier molecular flexibility index (Phi) is 8.96. The zero-order chi connectivity index (χ0) is 26.9. The minimum absolute atomic E-state index is 0.127. The molecule has 0 radical (unpaired) electrons. The molecule has 3 N–H and O–H groups in total. The van der Waals surface area contributed by atoms with Crippen molar-refractivity contribution in [3.8, 4) is 0 Å². The summed E-state index contributed by atoms with van der Waals surface area (Å²) in [6, 6.07) is 21.2. The van der Waals surface area contributed by atoms with Crippen molar-refractivity contribution in [2.75, 3.05) is 16.4 Å². The van der Waals surface area contributed by atoms with Gasteiger partial charge in [-0.05, 0) is 49.4 Å². The van der Waals surface area contributed by atoms with Gasteiger partial charge in [0.05, 0.1) is 5.75 Å². The van der Waals surface area contributed by atoms with E-state index in [1.165, 1.54) is 47.4 Å². The highest BCUT2D eigenvalue weighted by molar-refractivity contribution is 8.00. The Labute approximate surface area is 226 Å². The standard InChI is InChI=1S/C27H22FN5O3S2/c1-17-32-33-27(38-17)31-24(34)16-37-21-12-7-11-20(15-21)29-26(36)23(14-19-10-5-6-13-22(19)28)30-25(35)18-8-3-2-4-9-18/h2-15H,16H2,1H3,(H,29,36)(H,30,35)(H,31,33,34)/b23-14-. The van der Waals surface area contributed by atoms with Crippen molar-refractivity contribution in [3.05, 3.63) is 107 Å². The van der Waals surface area contributed by atoms with Crippen LogP contribution in [0.4, 0.5) is 15.2 Å². The molecule has 0 aliphatic heterocycles. The summed E-state index contributed by atoms with van der Waals surface area (Å²) in [6.45, 7) is 1.80. The number of rotatable bonds is 9. The van der Waals surface area contributed by atoms with E-state index < -0.39 is 17.6 Å². The summed E-state index contributed by atoms with van der Waals surface area (Å²) in [6.07, 6.45) is 1.28. The highest BCUT2D eigenvalue weighted by atomic mass is 32.2. The molecule has 0 atom stereocenters. The molecule has 4 rings (SSSR count). The van der Waals surface area contributed by atoms with E-state index in [0.29, 0.717) is 16.4 Å². The van der Waals surface area contributed by atoms with Crippen molar-refractivity contribution in [2.45, 2.75) is 11.8 Å². The van der Waals surface area contributed by atoms with Crippen molar-refractivity contribution in [1.29, 1.82) is 0 Å². The second-order valence-electron chi connectivity index (χ2n) is 7.84. The van der Waals surface area contributed by atoms with Gasteiger partial charge in [0.2, 0.25) is 11.0 Å². The molecule has 0 aliphatic carbocycles. The van der Waals surface area contributed by atoms with Crippen molar-refractivity contribution >= 4 is 57.7 Å². The van der Waals surface area contributed by atoms with Crippen molar-refractivity contribution in [1.82, 2.24) is 15.5 Å². The monoisotopic (exact) mass is 547 g/mol. The first-order valence-corrected chi connectivity index (χ1v) is 13.1. The van der Waals surface area contributed by atoms with Crippen LogP contribution in [0.3, 0.4) is 0 Å². The third-order valence-electron chi connectivity index (χ3n) is 4.97. The molecule has 0 spiro atoms. The summed E-state index contributed by atoms with van der Waals surface area (Å²) in [5.74, 6) is -1.79. The number of thioether (sulfide) groups is 1. The van der Waals surface area contributed by atoms with Crippen molar-refractivity contribution in [2.24, 2.45) is 0 Å². The van der Waals surface area contributed by atoms with Crippen LogP contribution < -0.4 is 16.0 Å². The SMILES string of the molecule is Cc1nnc(NC(=O)CSc2cccc(NC(=O)/C(=C/c3ccccc3F)NC(=O)c3ccccc3)c2)s1. The second-order valence-corrected chi connectivity index (χ2v) is 10.1. The molecule has 0 unspecified atom stereocenters. The Hall–Kier alpha value is -4.35. The number of halogens is 1. The fourth-order valence-corrected chi connectivity index (χ4v) is 4.57. The maximum Gasteiger partial charge on any atom is 0.272 e. The molecular formula is C27H22FN5O3S2. The lowest BCUT2D eigenvalue weighted by molar-refractivity contribution is -0.114. The summed E-state index contributed by atoms with van der Waals surface area (Å²) in [7, 11) is 0.